The van der Waals surface area contributed by atoms with Crippen LogP contribution >= 0.6 is 0 Å². The van der Waals surface area contributed by atoms with Crippen LogP contribution in [-0.4, -0.2) is 46.4 Å². The minimum Gasteiger partial charge on any atom is -0.507 e. The first-order valence-electron chi connectivity index (χ1n) is 8.44. The molecule has 0 radical (unpaired) electrons. The Kier molecular flexibility index (Phi) is 5.04. The van der Waals surface area contributed by atoms with Crippen LogP contribution in [0.5, 0.6) is 5.75 Å². The molecule has 0 spiro atoms. The zero-order valence-electron chi connectivity index (χ0n) is 14.6. The van der Waals surface area contributed by atoms with Gasteiger partial charge in [0.2, 0.25) is 0 Å². The second-order valence-corrected chi connectivity index (χ2v) is 6.74. The molecule has 5 nitrogen and oxygen atoms in total. The van der Waals surface area contributed by atoms with E-state index in [-0.39, 0.29) is 11.6 Å². The molecule has 2 N–H and O–H groups in total. The summed E-state index contributed by atoms with van der Waals surface area (Å²) in [5.74, 6) is 0.184. The Morgan fingerprint density at radius 1 is 1.23 bits per heavy atom. The number of hydrogen-bond acceptors (Lipinski definition) is 5. The third-order valence-electron chi connectivity index (χ3n) is 4.55. The van der Waals surface area contributed by atoms with Crippen LogP contribution in [-0.2, 0) is 6.18 Å². The van der Waals surface area contributed by atoms with Crippen molar-refractivity contribution < 1.29 is 18.3 Å². The van der Waals surface area contributed by atoms with Crippen molar-refractivity contribution >= 4 is 5.82 Å². The summed E-state index contributed by atoms with van der Waals surface area (Å²) in [6.07, 6.45) is -2.34. The second-order valence-electron chi connectivity index (χ2n) is 6.74. The van der Waals surface area contributed by atoms with Gasteiger partial charge in [-0.25, -0.2) is 0 Å². The molecule has 1 saturated heterocycles. The first-order valence-corrected chi connectivity index (χ1v) is 8.44. The average Bonchev–Trinajstić information content (AvgIpc) is 2.56. The Hall–Kier alpha value is -2.35. The molecule has 2 aromatic rings. The number of aryl methyl sites for hydroxylation is 1. The number of aromatic nitrogens is 2. The Labute approximate surface area is 149 Å². The zero-order valence-corrected chi connectivity index (χ0v) is 14.6. The Balaban J connectivity index is 1.81. The highest BCUT2D eigenvalue weighted by Gasteiger charge is 2.31. The number of piperidine rings is 1. The quantitative estimate of drug-likeness (QED) is 0.868. The molecule has 1 aromatic carbocycles. The number of likely N-dealkylation sites (tertiary alicyclic amines) is 1. The number of nitrogens with one attached hydrogen (secondary N) is 1. The number of alkyl halides is 3. The fourth-order valence-electron chi connectivity index (χ4n) is 3.16. The van der Waals surface area contributed by atoms with Gasteiger partial charge in [-0.1, -0.05) is 0 Å². The largest absolute Gasteiger partial charge is 0.507 e. The molecule has 0 bridgehead atoms. The van der Waals surface area contributed by atoms with Gasteiger partial charge in [-0.3, -0.25) is 0 Å². The van der Waals surface area contributed by atoms with Crippen molar-refractivity contribution in [3.05, 3.63) is 35.4 Å². The SMILES string of the molecule is Cc1cc(-c2ccc(C(F)(F)F)cc2O)nnc1N[C@@H]1CCCN(C)C1. The lowest BCUT2D eigenvalue weighted by Gasteiger charge is -2.30. The van der Waals surface area contributed by atoms with Crippen LogP contribution in [0.4, 0.5) is 19.0 Å². The molecule has 2 heterocycles. The third-order valence-corrected chi connectivity index (χ3v) is 4.55. The number of halogens is 3. The molecule has 0 unspecified atom stereocenters. The highest BCUT2D eigenvalue weighted by atomic mass is 19.4. The van der Waals surface area contributed by atoms with Gasteiger partial charge in [0, 0.05) is 18.2 Å². The monoisotopic (exact) mass is 366 g/mol. The fourth-order valence-corrected chi connectivity index (χ4v) is 3.16. The molecular formula is C18H21F3N4O. The van der Waals surface area contributed by atoms with Gasteiger partial charge in [0.1, 0.15) is 5.75 Å². The van der Waals surface area contributed by atoms with Crippen LogP contribution in [0.1, 0.15) is 24.0 Å². The maximum absolute atomic E-state index is 12.7. The predicted octanol–water partition coefficient (Wildman–Crippen LogP) is 3.68. The van der Waals surface area contributed by atoms with E-state index in [1.54, 1.807) is 6.07 Å². The van der Waals surface area contributed by atoms with Crippen LogP contribution in [0.25, 0.3) is 11.3 Å². The van der Waals surface area contributed by atoms with Crippen molar-refractivity contribution in [3.8, 4) is 17.0 Å². The summed E-state index contributed by atoms with van der Waals surface area (Å²) >= 11 is 0. The summed E-state index contributed by atoms with van der Waals surface area (Å²) in [5, 5.41) is 21.6. The third kappa shape index (κ3) is 4.07. The number of phenols is 1. The predicted molar refractivity (Wildman–Crippen MR) is 93.0 cm³/mol. The van der Waals surface area contributed by atoms with Gasteiger partial charge in [0.25, 0.3) is 0 Å². The molecular weight excluding hydrogens is 345 g/mol. The van der Waals surface area contributed by atoms with Gasteiger partial charge in [-0.2, -0.15) is 13.2 Å². The minimum atomic E-state index is -4.50. The van der Waals surface area contributed by atoms with Crippen LogP contribution in [0.15, 0.2) is 24.3 Å². The van der Waals surface area contributed by atoms with Crippen molar-refractivity contribution in [1.82, 2.24) is 15.1 Å². The number of likely N-dealkylation sites (N-methyl/N-ethyl adjacent to an activating group) is 1. The van der Waals surface area contributed by atoms with Crippen molar-refractivity contribution in [3.63, 3.8) is 0 Å². The molecule has 0 amide bonds. The average molecular weight is 366 g/mol. The molecule has 1 atom stereocenters. The standard InChI is InChI=1S/C18H21F3N4O/c1-11-8-15(14-6-5-12(9-16(14)26)18(19,20)21)23-24-17(11)22-13-4-3-7-25(2)10-13/h5-6,8-9,13,26H,3-4,7,10H2,1-2H3,(H,22,24)/t13-/m1/s1. The number of phenolic OH excluding ortho intramolecular Hbond substituents is 1. The highest BCUT2D eigenvalue weighted by molar-refractivity contribution is 5.68. The number of aromatic hydroxyl groups is 1. The first-order chi connectivity index (χ1) is 12.2. The van der Waals surface area contributed by atoms with E-state index in [2.05, 4.69) is 27.5 Å². The van der Waals surface area contributed by atoms with E-state index in [4.69, 9.17) is 0 Å². The molecule has 0 saturated carbocycles. The lowest BCUT2D eigenvalue weighted by molar-refractivity contribution is -0.137. The topological polar surface area (TPSA) is 61.3 Å². The molecule has 1 aliphatic rings. The van der Waals surface area contributed by atoms with Crippen LogP contribution < -0.4 is 5.32 Å². The molecule has 1 aromatic heterocycles. The van der Waals surface area contributed by atoms with Gasteiger partial charge in [-0.05, 0) is 63.2 Å². The lowest BCUT2D eigenvalue weighted by atomic mass is 10.0. The summed E-state index contributed by atoms with van der Waals surface area (Å²) < 4.78 is 38.2. The smallest absolute Gasteiger partial charge is 0.416 e. The molecule has 1 aliphatic heterocycles. The van der Waals surface area contributed by atoms with E-state index in [0.29, 0.717) is 17.6 Å². The number of anilines is 1. The van der Waals surface area contributed by atoms with Gasteiger partial charge in [0.05, 0.1) is 11.3 Å². The van der Waals surface area contributed by atoms with Crippen molar-refractivity contribution in [2.24, 2.45) is 0 Å². The zero-order chi connectivity index (χ0) is 18.9. The number of rotatable bonds is 3. The number of nitrogens with zero attached hydrogens (tertiary/aromatic N) is 3. The van der Waals surface area contributed by atoms with E-state index >= 15 is 0 Å². The van der Waals surface area contributed by atoms with Gasteiger partial charge < -0.3 is 15.3 Å². The van der Waals surface area contributed by atoms with Crippen molar-refractivity contribution in [1.29, 1.82) is 0 Å². The molecule has 0 aliphatic carbocycles. The lowest BCUT2D eigenvalue weighted by Crippen LogP contribution is -2.40. The molecule has 8 heteroatoms. The Morgan fingerprint density at radius 2 is 2.00 bits per heavy atom. The van der Waals surface area contributed by atoms with E-state index < -0.39 is 17.5 Å². The van der Waals surface area contributed by atoms with E-state index in [9.17, 15) is 18.3 Å². The van der Waals surface area contributed by atoms with E-state index in [1.165, 1.54) is 6.07 Å². The Morgan fingerprint density at radius 3 is 2.62 bits per heavy atom. The maximum Gasteiger partial charge on any atom is 0.416 e. The summed E-state index contributed by atoms with van der Waals surface area (Å²) in [4.78, 5) is 2.25. The summed E-state index contributed by atoms with van der Waals surface area (Å²) in [6.45, 7) is 3.85. The molecule has 1 fully saturated rings. The Bertz CT molecular complexity index is 794. The van der Waals surface area contributed by atoms with Crippen LogP contribution in [0.3, 0.4) is 0 Å². The van der Waals surface area contributed by atoms with Crippen LogP contribution in [0, 0.1) is 6.92 Å². The second kappa shape index (κ2) is 7.11. The van der Waals surface area contributed by atoms with E-state index in [1.807, 2.05) is 6.92 Å². The minimum absolute atomic E-state index is 0.220. The number of benzene rings is 1. The van der Waals surface area contributed by atoms with E-state index in [0.717, 1.165) is 37.6 Å². The summed E-state index contributed by atoms with van der Waals surface area (Å²) in [5.41, 5.74) is 0.475. The summed E-state index contributed by atoms with van der Waals surface area (Å²) in [6, 6.07) is 4.84. The van der Waals surface area contributed by atoms with Gasteiger partial charge in [0.15, 0.2) is 5.82 Å². The van der Waals surface area contributed by atoms with Gasteiger partial charge in [-0.15, -0.1) is 10.2 Å². The summed E-state index contributed by atoms with van der Waals surface area (Å²) in [7, 11) is 2.07. The fraction of sp³-hybridized carbons (Fsp3) is 0.444. The van der Waals surface area contributed by atoms with Crippen LogP contribution in [0.2, 0.25) is 0 Å². The highest BCUT2D eigenvalue weighted by Crippen LogP contribution is 2.36. The molecule has 3 rings (SSSR count). The number of hydrogen-bond donors (Lipinski definition) is 2. The van der Waals surface area contributed by atoms with Gasteiger partial charge >= 0.3 is 6.18 Å². The maximum atomic E-state index is 12.7. The normalized spacial score (nSPS) is 18.7. The van der Waals surface area contributed by atoms with Crippen molar-refractivity contribution in [2.75, 3.05) is 25.5 Å². The molecule has 140 valence electrons. The van der Waals surface area contributed by atoms with Crippen molar-refractivity contribution in [2.45, 2.75) is 32.0 Å². The molecule has 26 heavy (non-hydrogen) atoms. The first kappa shape index (κ1) is 18.4.